The van der Waals surface area contributed by atoms with Crippen molar-refractivity contribution in [3.63, 3.8) is 0 Å². The molecule has 2 N–H and O–H groups in total. The molecule has 1 fully saturated rings. The molecule has 0 spiro atoms. The number of anilines is 1. The molecule has 0 atom stereocenters. The van der Waals surface area contributed by atoms with Crippen molar-refractivity contribution in [2.75, 3.05) is 11.9 Å². The predicted molar refractivity (Wildman–Crippen MR) is 86.7 cm³/mol. The Morgan fingerprint density at radius 3 is 2.38 bits per heavy atom. The summed E-state index contributed by atoms with van der Waals surface area (Å²) in [5, 5.41) is 0. The summed E-state index contributed by atoms with van der Waals surface area (Å²) in [6.07, 6.45) is 5.55. The second-order valence-corrected chi connectivity index (χ2v) is 6.26. The molecule has 0 amide bonds. The van der Waals surface area contributed by atoms with Crippen molar-refractivity contribution >= 4 is 22.9 Å². The third-order valence-electron chi connectivity index (χ3n) is 4.65. The summed E-state index contributed by atoms with van der Waals surface area (Å²) in [7, 11) is 1.83. The van der Waals surface area contributed by atoms with Crippen molar-refractivity contribution < 1.29 is 8.78 Å². The molecule has 0 aliphatic heterocycles. The molecule has 0 aromatic heterocycles. The molecule has 0 bridgehead atoms. The van der Waals surface area contributed by atoms with Crippen LogP contribution in [0, 0.1) is 17.6 Å². The van der Waals surface area contributed by atoms with E-state index in [1.165, 1.54) is 12.5 Å². The molecule has 1 saturated carbocycles. The minimum absolute atomic E-state index is 0.0330. The number of nitrogens with zero attached hydrogens (tertiary/aromatic N) is 1. The summed E-state index contributed by atoms with van der Waals surface area (Å²) in [6.45, 7) is 2.21. The van der Waals surface area contributed by atoms with Gasteiger partial charge in [0.2, 0.25) is 0 Å². The Bertz CT molecular complexity index is 525. The molecule has 2 rings (SSSR count). The van der Waals surface area contributed by atoms with Crippen LogP contribution in [0.2, 0.25) is 0 Å². The van der Waals surface area contributed by atoms with Gasteiger partial charge in [0.1, 0.15) is 4.99 Å². The van der Waals surface area contributed by atoms with Crippen LogP contribution in [-0.4, -0.2) is 18.1 Å². The van der Waals surface area contributed by atoms with Crippen LogP contribution in [0.4, 0.5) is 14.5 Å². The van der Waals surface area contributed by atoms with Gasteiger partial charge >= 0.3 is 0 Å². The fourth-order valence-corrected chi connectivity index (χ4v) is 3.30. The van der Waals surface area contributed by atoms with Crippen LogP contribution < -0.4 is 10.6 Å². The quantitative estimate of drug-likeness (QED) is 0.852. The monoisotopic (exact) mass is 312 g/mol. The first kappa shape index (κ1) is 16.1. The van der Waals surface area contributed by atoms with Crippen molar-refractivity contribution in [3.05, 3.63) is 29.3 Å². The molecule has 1 aromatic rings. The van der Waals surface area contributed by atoms with Crippen LogP contribution >= 0.6 is 12.2 Å². The van der Waals surface area contributed by atoms with E-state index in [0.29, 0.717) is 0 Å². The first-order valence-corrected chi connectivity index (χ1v) is 7.87. The van der Waals surface area contributed by atoms with E-state index in [4.69, 9.17) is 18.0 Å². The molecule has 0 saturated heterocycles. The molecule has 0 radical (unpaired) electrons. The number of rotatable bonds is 4. The zero-order valence-electron chi connectivity index (χ0n) is 12.5. The highest BCUT2D eigenvalue weighted by atomic mass is 32.1. The normalized spacial score (nSPS) is 22.1. The van der Waals surface area contributed by atoms with Gasteiger partial charge in [-0.15, -0.1) is 0 Å². The predicted octanol–water partition coefficient (Wildman–Crippen LogP) is 4.00. The first-order valence-electron chi connectivity index (χ1n) is 7.46. The lowest BCUT2D eigenvalue weighted by Crippen LogP contribution is -2.36. The summed E-state index contributed by atoms with van der Waals surface area (Å²) in [5.41, 5.74) is 5.65. The topological polar surface area (TPSA) is 29.3 Å². The van der Waals surface area contributed by atoms with Gasteiger partial charge in [-0.25, -0.2) is 8.78 Å². The van der Waals surface area contributed by atoms with Crippen LogP contribution in [0.3, 0.4) is 0 Å². The van der Waals surface area contributed by atoms with Crippen LogP contribution in [0.5, 0.6) is 0 Å². The Labute approximate surface area is 130 Å². The van der Waals surface area contributed by atoms with Gasteiger partial charge in [0.05, 0.1) is 5.69 Å². The molecular weight excluding hydrogens is 290 g/mol. The smallest absolute Gasteiger partial charge is 0.182 e. The van der Waals surface area contributed by atoms with E-state index in [1.54, 1.807) is 6.07 Å². The molecule has 1 aromatic carbocycles. The largest absolute Gasteiger partial charge is 0.389 e. The molecule has 0 heterocycles. The maximum absolute atomic E-state index is 14.2. The minimum atomic E-state index is -0.950. The summed E-state index contributed by atoms with van der Waals surface area (Å²) in [5.74, 6) is -1.04. The van der Waals surface area contributed by atoms with E-state index in [9.17, 15) is 8.78 Å². The SMILES string of the molecule is CCC1CCC(N(C)c2ccc(C(N)=S)c(F)c2F)CC1. The van der Waals surface area contributed by atoms with Gasteiger partial charge in [0.15, 0.2) is 11.6 Å². The van der Waals surface area contributed by atoms with Gasteiger partial charge in [-0.2, -0.15) is 0 Å². The lowest BCUT2D eigenvalue weighted by atomic mass is 9.84. The van der Waals surface area contributed by atoms with Crippen LogP contribution in [-0.2, 0) is 0 Å². The fourth-order valence-electron chi connectivity index (χ4n) is 3.14. The number of thiocarbonyl (C=S) groups is 1. The van der Waals surface area contributed by atoms with Crippen molar-refractivity contribution in [2.24, 2.45) is 11.7 Å². The average Bonchev–Trinajstić information content (AvgIpc) is 2.49. The van der Waals surface area contributed by atoms with Gasteiger partial charge in [0.25, 0.3) is 0 Å². The summed E-state index contributed by atoms with van der Waals surface area (Å²) in [4.78, 5) is 1.73. The lowest BCUT2D eigenvalue weighted by molar-refractivity contribution is 0.312. The third-order valence-corrected chi connectivity index (χ3v) is 4.87. The summed E-state index contributed by atoms with van der Waals surface area (Å²) in [6, 6.07) is 3.29. The molecule has 0 unspecified atom stereocenters. The van der Waals surface area contributed by atoms with Gasteiger partial charge < -0.3 is 10.6 Å². The fraction of sp³-hybridized carbons (Fsp3) is 0.562. The van der Waals surface area contributed by atoms with E-state index in [1.807, 2.05) is 11.9 Å². The molecule has 5 heteroatoms. The minimum Gasteiger partial charge on any atom is -0.389 e. The van der Waals surface area contributed by atoms with Crippen LogP contribution in [0.25, 0.3) is 0 Å². The third kappa shape index (κ3) is 3.34. The highest BCUT2D eigenvalue weighted by molar-refractivity contribution is 7.80. The maximum Gasteiger partial charge on any atom is 0.182 e. The van der Waals surface area contributed by atoms with E-state index in [0.717, 1.165) is 31.6 Å². The van der Waals surface area contributed by atoms with Gasteiger partial charge in [-0.1, -0.05) is 25.6 Å². The number of benzene rings is 1. The molecular formula is C16H22F2N2S. The van der Waals surface area contributed by atoms with Crippen molar-refractivity contribution in [2.45, 2.75) is 45.1 Å². The standard InChI is InChI=1S/C16H22F2N2S/c1-3-10-4-6-11(7-5-10)20(2)13-9-8-12(16(19)21)14(17)15(13)18/h8-11H,3-7H2,1-2H3,(H2,19,21). The maximum atomic E-state index is 14.2. The Balaban J connectivity index is 2.18. The zero-order valence-corrected chi connectivity index (χ0v) is 13.4. The second-order valence-electron chi connectivity index (χ2n) is 5.82. The first-order chi connectivity index (χ1) is 9.95. The van der Waals surface area contributed by atoms with Crippen molar-refractivity contribution in [1.29, 1.82) is 0 Å². The molecule has 1 aliphatic carbocycles. The van der Waals surface area contributed by atoms with Gasteiger partial charge in [-0.3, -0.25) is 0 Å². The van der Waals surface area contributed by atoms with Crippen LogP contribution in [0.15, 0.2) is 12.1 Å². The van der Waals surface area contributed by atoms with E-state index in [-0.39, 0.29) is 22.3 Å². The highest BCUT2D eigenvalue weighted by Crippen LogP contribution is 2.33. The second kappa shape index (κ2) is 6.69. The Hall–Kier alpha value is -1.23. The molecule has 21 heavy (non-hydrogen) atoms. The summed E-state index contributed by atoms with van der Waals surface area (Å²) < 4.78 is 28.2. The Morgan fingerprint density at radius 2 is 1.86 bits per heavy atom. The van der Waals surface area contributed by atoms with Crippen LogP contribution in [0.1, 0.15) is 44.6 Å². The number of hydrogen-bond donors (Lipinski definition) is 1. The Kier molecular flexibility index (Phi) is 5.14. The summed E-state index contributed by atoms with van der Waals surface area (Å²) >= 11 is 4.73. The highest BCUT2D eigenvalue weighted by Gasteiger charge is 2.26. The van der Waals surface area contributed by atoms with E-state index in [2.05, 4.69) is 6.92 Å². The zero-order chi connectivity index (χ0) is 15.6. The lowest BCUT2D eigenvalue weighted by Gasteiger charge is -2.36. The Morgan fingerprint density at radius 1 is 1.24 bits per heavy atom. The number of hydrogen-bond acceptors (Lipinski definition) is 2. The molecule has 2 nitrogen and oxygen atoms in total. The van der Waals surface area contributed by atoms with Crippen molar-refractivity contribution in [3.8, 4) is 0 Å². The van der Waals surface area contributed by atoms with Gasteiger partial charge in [-0.05, 0) is 43.7 Å². The molecule has 116 valence electrons. The van der Waals surface area contributed by atoms with Gasteiger partial charge in [0, 0.05) is 18.7 Å². The van der Waals surface area contributed by atoms with E-state index < -0.39 is 11.6 Å². The van der Waals surface area contributed by atoms with E-state index >= 15 is 0 Å². The molecule has 1 aliphatic rings. The average molecular weight is 312 g/mol. The number of halogens is 2. The number of nitrogens with two attached hydrogens (primary N) is 1. The van der Waals surface area contributed by atoms with Crippen molar-refractivity contribution in [1.82, 2.24) is 0 Å².